The molecule has 0 aliphatic carbocycles. The lowest BCUT2D eigenvalue weighted by atomic mass is 10.0. The fraction of sp³-hybridized carbons (Fsp3) is 0.250. The predicted molar refractivity (Wildman–Crippen MR) is 135 cm³/mol. The molecule has 8 heteroatoms. The Morgan fingerprint density at radius 2 is 1.69 bits per heavy atom. The molecular formula is C28H27N3O5. The molecule has 1 aliphatic heterocycles. The first kappa shape index (κ1) is 23.6. The zero-order chi connectivity index (χ0) is 25.1. The van der Waals surface area contributed by atoms with Crippen LogP contribution >= 0.6 is 0 Å². The summed E-state index contributed by atoms with van der Waals surface area (Å²) >= 11 is 0. The molecule has 8 nitrogen and oxygen atoms in total. The third-order valence-electron chi connectivity index (χ3n) is 6.46. The van der Waals surface area contributed by atoms with Crippen molar-refractivity contribution in [1.82, 2.24) is 14.8 Å². The molecule has 1 amide bonds. The summed E-state index contributed by atoms with van der Waals surface area (Å²) < 4.78 is 16.2. The number of aromatic nitrogens is 1. The number of ether oxygens (including phenoxy) is 2. The van der Waals surface area contributed by atoms with Gasteiger partial charge in [0.05, 0.1) is 14.2 Å². The second-order valence-electron chi connectivity index (χ2n) is 8.60. The molecular weight excluding hydrogens is 458 g/mol. The summed E-state index contributed by atoms with van der Waals surface area (Å²) in [6.07, 6.45) is 0. The van der Waals surface area contributed by atoms with Gasteiger partial charge in [-0.2, -0.15) is 0 Å². The van der Waals surface area contributed by atoms with E-state index in [9.17, 15) is 9.59 Å². The molecule has 4 aromatic rings. The van der Waals surface area contributed by atoms with Gasteiger partial charge in [0.25, 0.3) is 5.91 Å². The largest absolute Gasteiger partial charge is 0.497 e. The van der Waals surface area contributed by atoms with Crippen LogP contribution < -0.4 is 4.74 Å². The number of rotatable bonds is 6. The molecule has 36 heavy (non-hydrogen) atoms. The molecule has 1 fully saturated rings. The minimum Gasteiger partial charge on any atom is -0.497 e. The molecule has 2 heterocycles. The summed E-state index contributed by atoms with van der Waals surface area (Å²) in [5.74, 6) is 0.780. The summed E-state index contributed by atoms with van der Waals surface area (Å²) in [7, 11) is 3.01. The van der Waals surface area contributed by atoms with E-state index in [1.54, 1.807) is 19.2 Å². The minimum atomic E-state index is -0.491. The molecule has 5 rings (SSSR count). The highest BCUT2D eigenvalue weighted by Crippen LogP contribution is 2.28. The Morgan fingerprint density at radius 3 is 2.42 bits per heavy atom. The maximum absolute atomic E-state index is 13.3. The van der Waals surface area contributed by atoms with Crippen molar-refractivity contribution in [1.29, 1.82) is 0 Å². The first-order valence-electron chi connectivity index (χ1n) is 11.8. The van der Waals surface area contributed by atoms with Gasteiger partial charge in [0.15, 0.2) is 5.58 Å². The smallest absolute Gasteiger partial charge is 0.327 e. The third-order valence-corrected chi connectivity index (χ3v) is 6.46. The number of piperazine rings is 1. The zero-order valence-electron chi connectivity index (χ0n) is 20.2. The number of esters is 1. The van der Waals surface area contributed by atoms with Gasteiger partial charge in [0, 0.05) is 43.4 Å². The second kappa shape index (κ2) is 10.2. The molecule has 184 valence electrons. The zero-order valence-corrected chi connectivity index (χ0v) is 20.2. The fourth-order valence-electron chi connectivity index (χ4n) is 4.55. The van der Waals surface area contributed by atoms with Crippen molar-refractivity contribution in [2.24, 2.45) is 0 Å². The molecule has 0 unspecified atom stereocenters. The second-order valence-corrected chi connectivity index (χ2v) is 8.60. The van der Waals surface area contributed by atoms with E-state index in [1.165, 1.54) is 7.11 Å². The fourth-order valence-corrected chi connectivity index (χ4v) is 4.55. The molecule has 0 saturated carbocycles. The van der Waals surface area contributed by atoms with Crippen LogP contribution in [0, 0.1) is 0 Å². The highest BCUT2D eigenvalue weighted by atomic mass is 16.5. The van der Waals surface area contributed by atoms with Crippen LogP contribution in [0.4, 0.5) is 0 Å². The lowest BCUT2D eigenvalue weighted by Gasteiger charge is -2.38. The number of nitrogens with zero attached hydrogens (tertiary/aromatic N) is 3. The summed E-state index contributed by atoms with van der Waals surface area (Å²) in [5, 5.41) is 0. The number of fused-ring (bicyclic) bond motifs is 1. The average Bonchev–Trinajstić information content (AvgIpc) is 3.37. The van der Waals surface area contributed by atoms with E-state index in [0.717, 1.165) is 11.1 Å². The Morgan fingerprint density at radius 1 is 0.917 bits per heavy atom. The number of amides is 1. The van der Waals surface area contributed by atoms with Gasteiger partial charge >= 0.3 is 5.97 Å². The highest BCUT2D eigenvalue weighted by Gasteiger charge is 2.32. The summed E-state index contributed by atoms with van der Waals surface area (Å²) in [6, 6.07) is 21.8. The van der Waals surface area contributed by atoms with Crippen molar-refractivity contribution in [3.8, 4) is 17.2 Å². The van der Waals surface area contributed by atoms with Crippen molar-refractivity contribution in [3.05, 3.63) is 83.9 Å². The van der Waals surface area contributed by atoms with Crippen LogP contribution in [0.2, 0.25) is 0 Å². The molecule has 1 aromatic heterocycles. The SMILES string of the molecule is COC(=O)[C@H](c1ccccc1)N1CCN(C(=O)c2cccc(-c3nc4cc(OC)ccc4o3)c2)CC1. The standard InChI is InChI=1S/C28H27N3O5/c1-34-22-11-12-24-23(18-22)29-26(36-24)20-9-6-10-21(17-20)27(32)31-15-13-30(14-16-31)25(28(33)35-2)19-7-4-3-5-8-19/h3-12,17-18,25H,13-16H2,1-2H3/t25-/m0/s1. The number of oxazole rings is 1. The molecule has 3 aromatic carbocycles. The predicted octanol–water partition coefficient (Wildman–Crippen LogP) is 4.18. The van der Waals surface area contributed by atoms with E-state index in [-0.39, 0.29) is 11.9 Å². The van der Waals surface area contributed by atoms with Crippen LogP contribution in [-0.4, -0.2) is 67.1 Å². The van der Waals surface area contributed by atoms with Gasteiger partial charge in [0.2, 0.25) is 5.89 Å². The van der Waals surface area contributed by atoms with E-state index in [2.05, 4.69) is 9.88 Å². The third kappa shape index (κ3) is 4.67. The van der Waals surface area contributed by atoms with Crippen LogP contribution in [0.5, 0.6) is 5.75 Å². The van der Waals surface area contributed by atoms with E-state index in [0.29, 0.717) is 54.5 Å². The molecule has 0 bridgehead atoms. The number of carbonyl (C=O) groups is 2. The van der Waals surface area contributed by atoms with Gasteiger partial charge in [-0.1, -0.05) is 36.4 Å². The first-order chi connectivity index (χ1) is 17.6. The number of carbonyl (C=O) groups excluding carboxylic acids is 2. The van der Waals surface area contributed by atoms with Gasteiger partial charge in [-0.05, 0) is 35.9 Å². The molecule has 0 N–H and O–H groups in total. The number of hydrogen-bond acceptors (Lipinski definition) is 7. The van der Waals surface area contributed by atoms with Gasteiger partial charge in [-0.25, -0.2) is 9.78 Å². The van der Waals surface area contributed by atoms with Gasteiger partial charge < -0.3 is 18.8 Å². The topological polar surface area (TPSA) is 85.1 Å². The lowest BCUT2D eigenvalue weighted by molar-refractivity contribution is -0.148. The average molecular weight is 486 g/mol. The van der Waals surface area contributed by atoms with Crippen LogP contribution in [0.15, 0.2) is 77.2 Å². The minimum absolute atomic E-state index is 0.0661. The monoisotopic (exact) mass is 485 g/mol. The highest BCUT2D eigenvalue weighted by molar-refractivity contribution is 5.95. The van der Waals surface area contributed by atoms with E-state index in [4.69, 9.17) is 13.9 Å². The number of methoxy groups -OCH3 is 2. The Bertz CT molecular complexity index is 1380. The van der Waals surface area contributed by atoms with Crippen LogP contribution in [-0.2, 0) is 9.53 Å². The summed E-state index contributed by atoms with van der Waals surface area (Å²) in [6.45, 7) is 2.14. The quantitative estimate of drug-likeness (QED) is 0.379. The maximum atomic E-state index is 13.3. The molecule has 1 atom stereocenters. The first-order valence-corrected chi connectivity index (χ1v) is 11.8. The van der Waals surface area contributed by atoms with Crippen LogP contribution in [0.1, 0.15) is 22.0 Å². The Hall–Kier alpha value is -4.17. The van der Waals surface area contributed by atoms with E-state index in [1.807, 2.05) is 65.6 Å². The van der Waals surface area contributed by atoms with E-state index < -0.39 is 6.04 Å². The Kier molecular flexibility index (Phi) is 6.69. The van der Waals surface area contributed by atoms with Crippen molar-refractivity contribution in [3.63, 3.8) is 0 Å². The Labute approximate surface area is 209 Å². The van der Waals surface area contributed by atoms with Crippen molar-refractivity contribution < 1.29 is 23.5 Å². The number of benzene rings is 3. The van der Waals surface area contributed by atoms with Crippen molar-refractivity contribution in [2.45, 2.75) is 6.04 Å². The normalized spacial score (nSPS) is 15.0. The summed E-state index contributed by atoms with van der Waals surface area (Å²) in [5.41, 5.74) is 3.51. The van der Waals surface area contributed by atoms with Crippen molar-refractivity contribution >= 4 is 23.0 Å². The molecule has 1 saturated heterocycles. The van der Waals surface area contributed by atoms with Crippen LogP contribution in [0.3, 0.4) is 0 Å². The molecule has 0 radical (unpaired) electrons. The van der Waals surface area contributed by atoms with Crippen molar-refractivity contribution in [2.75, 3.05) is 40.4 Å². The van der Waals surface area contributed by atoms with E-state index >= 15 is 0 Å². The maximum Gasteiger partial charge on any atom is 0.327 e. The van der Waals surface area contributed by atoms with Crippen LogP contribution in [0.25, 0.3) is 22.6 Å². The Balaban J connectivity index is 1.30. The van der Waals surface area contributed by atoms with Gasteiger partial charge in [-0.3, -0.25) is 9.69 Å². The number of hydrogen-bond donors (Lipinski definition) is 0. The molecule has 0 spiro atoms. The lowest BCUT2D eigenvalue weighted by Crippen LogP contribution is -2.51. The molecule has 1 aliphatic rings. The van der Waals surface area contributed by atoms with Gasteiger partial charge in [-0.15, -0.1) is 0 Å². The van der Waals surface area contributed by atoms with Gasteiger partial charge in [0.1, 0.15) is 17.3 Å². The summed E-state index contributed by atoms with van der Waals surface area (Å²) in [4.78, 5) is 34.3.